The highest BCUT2D eigenvalue weighted by Crippen LogP contribution is 2.15. The summed E-state index contributed by atoms with van der Waals surface area (Å²) in [6.07, 6.45) is 6.47. The van der Waals surface area contributed by atoms with Gasteiger partial charge in [0.25, 0.3) is 5.91 Å². The van der Waals surface area contributed by atoms with Gasteiger partial charge in [0.05, 0.1) is 24.9 Å². The van der Waals surface area contributed by atoms with Gasteiger partial charge < -0.3 is 14.4 Å². The lowest BCUT2D eigenvalue weighted by atomic mass is 10.1. The van der Waals surface area contributed by atoms with Crippen molar-refractivity contribution < 1.29 is 18.7 Å². The third kappa shape index (κ3) is 4.96. The quantitative estimate of drug-likeness (QED) is 0.799. The lowest BCUT2D eigenvalue weighted by Gasteiger charge is -2.35. The molecule has 132 valence electrons. The third-order valence-corrected chi connectivity index (χ3v) is 4.06. The number of morpholine rings is 1. The number of amides is 1. The minimum absolute atomic E-state index is 0.0284. The van der Waals surface area contributed by atoms with Gasteiger partial charge in [-0.25, -0.2) is 4.39 Å². The van der Waals surface area contributed by atoms with E-state index in [1.54, 1.807) is 35.6 Å². The van der Waals surface area contributed by atoms with Gasteiger partial charge in [-0.05, 0) is 25.0 Å². The molecule has 0 aliphatic carbocycles. The molecule has 1 aromatic heterocycles. The van der Waals surface area contributed by atoms with Gasteiger partial charge in [0.1, 0.15) is 11.6 Å². The standard InChI is InChI=1S/C18H20FN3O3/c19-14-2-1-3-17(10-14)25-13-18(23)22-8-9-24-12-16(22)5-4-15-11-20-6-7-21-15/h1-3,6-7,10-11,16H,4-5,8-9,12-13H2. The lowest BCUT2D eigenvalue weighted by molar-refractivity contribution is -0.142. The highest BCUT2D eigenvalue weighted by atomic mass is 19.1. The molecule has 1 aliphatic rings. The molecule has 0 saturated carbocycles. The van der Waals surface area contributed by atoms with Crippen LogP contribution in [0.2, 0.25) is 0 Å². The van der Waals surface area contributed by atoms with E-state index < -0.39 is 5.82 Å². The Hall–Kier alpha value is -2.54. The number of aromatic nitrogens is 2. The first-order valence-corrected chi connectivity index (χ1v) is 8.23. The number of hydrogen-bond acceptors (Lipinski definition) is 5. The van der Waals surface area contributed by atoms with Crippen molar-refractivity contribution in [2.24, 2.45) is 0 Å². The number of halogens is 1. The fourth-order valence-corrected chi connectivity index (χ4v) is 2.78. The zero-order chi connectivity index (χ0) is 17.5. The van der Waals surface area contributed by atoms with Crippen LogP contribution < -0.4 is 4.74 Å². The van der Waals surface area contributed by atoms with E-state index in [0.29, 0.717) is 25.5 Å². The van der Waals surface area contributed by atoms with Crippen molar-refractivity contribution in [1.82, 2.24) is 14.9 Å². The predicted octanol–water partition coefficient (Wildman–Crippen LogP) is 1.85. The van der Waals surface area contributed by atoms with Crippen LogP contribution in [0.3, 0.4) is 0 Å². The first kappa shape index (κ1) is 17.3. The normalized spacial score (nSPS) is 17.3. The van der Waals surface area contributed by atoms with Crippen molar-refractivity contribution in [3.05, 3.63) is 54.4 Å². The van der Waals surface area contributed by atoms with E-state index in [2.05, 4.69) is 9.97 Å². The highest BCUT2D eigenvalue weighted by molar-refractivity contribution is 5.78. The summed E-state index contributed by atoms with van der Waals surface area (Å²) in [5.41, 5.74) is 0.886. The molecule has 3 rings (SSSR count). The SMILES string of the molecule is O=C(COc1cccc(F)c1)N1CCOCC1CCc1cnccn1. The monoisotopic (exact) mass is 345 g/mol. The maximum Gasteiger partial charge on any atom is 0.260 e. The average Bonchev–Trinajstić information content (AvgIpc) is 2.65. The van der Waals surface area contributed by atoms with Gasteiger partial charge in [-0.2, -0.15) is 0 Å². The number of hydrogen-bond donors (Lipinski definition) is 0. The molecular formula is C18H20FN3O3. The Morgan fingerprint density at radius 3 is 3.12 bits per heavy atom. The Morgan fingerprint density at radius 2 is 2.32 bits per heavy atom. The Labute approximate surface area is 145 Å². The van der Waals surface area contributed by atoms with Crippen molar-refractivity contribution in [3.8, 4) is 5.75 Å². The molecule has 0 spiro atoms. The minimum atomic E-state index is -0.391. The van der Waals surface area contributed by atoms with Crippen LogP contribution in [-0.2, 0) is 16.0 Å². The maximum atomic E-state index is 13.2. The Balaban J connectivity index is 1.55. The van der Waals surface area contributed by atoms with Crippen LogP contribution >= 0.6 is 0 Å². The lowest BCUT2D eigenvalue weighted by Crippen LogP contribution is -2.50. The molecule has 7 heteroatoms. The van der Waals surface area contributed by atoms with Crippen molar-refractivity contribution in [2.75, 3.05) is 26.4 Å². The molecule has 1 aromatic carbocycles. The van der Waals surface area contributed by atoms with E-state index in [1.165, 1.54) is 12.1 Å². The summed E-state index contributed by atoms with van der Waals surface area (Å²) in [5.74, 6) is -0.174. The Morgan fingerprint density at radius 1 is 1.40 bits per heavy atom. The number of ether oxygens (including phenoxy) is 2. The van der Waals surface area contributed by atoms with E-state index in [9.17, 15) is 9.18 Å². The van der Waals surface area contributed by atoms with E-state index in [4.69, 9.17) is 9.47 Å². The third-order valence-electron chi connectivity index (χ3n) is 4.06. The van der Waals surface area contributed by atoms with Crippen LogP contribution in [0.1, 0.15) is 12.1 Å². The molecule has 0 N–H and O–H groups in total. The molecular weight excluding hydrogens is 325 g/mol. The van der Waals surface area contributed by atoms with Crippen molar-refractivity contribution in [1.29, 1.82) is 0 Å². The van der Waals surface area contributed by atoms with Crippen molar-refractivity contribution >= 4 is 5.91 Å². The number of nitrogens with zero attached hydrogens (tertiary/aromatic N) is 3. The van der Waals surface area contributed by atoms with Gasteiger partial charge in [-0.15, -0.1) is 0 Å². The number of carbonyl (C=O) groups is 1. The van der Waals surface area contributed by atoms with Gasteiger partial charge in [0.15, 0.2) is 6.61 Å². The summed E-state index contributed by atoms with van der Waals surface area (Å²) >= 11 is 0. The Kier molecular flexibility index (Phi) is 5.90. The molecule has 2 aromatic rings. The molecule has 1 atom stereocenters. The molecule has 1 fully saturated rings. The molecule has 0 radical (unpaired) electrons. The average molecular weight is 345 g/mol. The molecule has 1 aliphatic heterocycles. The zero-order valence-corrected chi connectivity index (χ0v) is 13.8. The van der Waals surface area contributed by atoms with E-state index in [0.717, 1.165) is 18.5 Å². The molecule has 2 heterocycles. The molecule has 0 bridgehead atoms. The smallest absolute Gasteiger partial charge is 0.260 e. The molecule has 1 saturated heterocycles. The second kappa shape index (κ2) is 8.53. The molecule has 1 unspecified atom stereocenters. The maximum absolute atomic E-state index is 13.2. The summed E-state index contributed by atoms with van der Waals surface area (Å²) in [7, 11) is 0. The van der Waals surface area contributed by atoms with Crippen LogP contribution in [0.15, 0.2) is 42.9 Å². The number of aryl methyl sites for hydroxylation is 1. The predicted molar refractivity (Wildman–Crippen MR) is 88.6 cm³/mol. The highest BCUT2D eigenvalue weighted by Gasteiger charge is 2.27. The fraction of sp³-hybridized carbons (Fsp3) is 0.389. The van der Waals surface area contributed by atoms with E-state index in [-0.39, 0.29) is 18.6 Å². The first-order valence-electron chi connectivity index (χ1n) is 8.23. The van der Waals surface area contributed by atoms with Gasteiger partial charge in [-0.1, -0.05) is 6.07 Å². The summed E-state index contributed by atoms with van der Waals surface area (Å²) < 4.78 is 24.1. The summed E-state index contributed by atoms with van der Waals surface area (Å²) in [6, 6.07) is 5.74. The molecule has 1 amide bonds. The fourth-order valence-electron chi connectivity index (χ4n) is 2.78. The molecule has 25 heavy (non-hydrogen) atoms. The van der Waals surface area contributed by atoms with Crippen molar-refractivity contribution in [3.63, 3.8) is 0 Å². The van der Waals surface area contributed by atoms with Crippen LogP contribution in [-0.4, -0.2) is 53.2 Å². The van der Waals surface area contributed by atoms with E-state index in [1.807, 2.05) is 0 Å². The number of benzene rings is 1. The summed E-state index contributed by atoms with van der Waals surface area (Å²) in [5, 5.41) is 0. The van der Waals surface area contributed by atoms with Crippen molar-refractivity contribution in [2.45, 2.75) is 18.9 Å². The second-order valence-electron chi connectivity index (χ2n) is 5.80. The largest absolute Gasteiger partial charge is 0.484 e. The van der Waals surface area contributed by atoms with Crippen LogP contribution in [0.5, 0.6) is 5.75 Å². The first-order chi connectivity index (χ1) is 12.2. The van der Waals surface area contributed by atoms with E-state index >= 15 is 0 Å². The second-order valence-corrected chi connectivity index (χ2v) is 5.80. The van der Waals surface area contributed by atoms with Crippen LogP contribution in [0.25, 0.3) is 0 Å². The van der Waals surface area contributed by atoms with Gasteiger partial charge in [0, 0.05) is 31.2 Å². The number of carbonyl (C=O) groups excluding carboxylic acids is 1. The van der Waals surface area contributed by atoms with Gasteiger partial charge in [0.2, 0.25) is 0 Å². The van der Waals surface area contributed by atoms with Crippen LogP contribution in [0.4, 0.5) is 4.39 Å². The summed E-state index contributed by atoms with van der Waals surface area (Å²) in [6.45, 7) is 1.40. The number of rotatable bonds is 6. The zero-order valence-electron chi connectivity index (χ0n) is 13.8. The van der Waals surface area contributed by atoms with Gasteiger partial charge in [-0.3, -0.25) is 14.8 Å². The summed E-state index contributed by atoms with van der Waals surface area (Å²) in [4.78, 5) is 22.6. The minimum Gasteiger partial charge on any atom is -0.484 e. The Bertz CT molecular complexity index is 699. The van der Waals surface area contributed by atoms with Gasteiger partial charge >= 0.3 is 0 Å². The topological polar surface area (TPSA) is 64.5 Å². The molecule has 6 nitrogen and oxygen atoms in total. The van der Waals surface area contributed by atoms with Crippen LogP contribution in [0, 0.1) is 5.82 Å².